The molecular formula is C13H11BrFN3S. The molecule has 0 amide bonds. The molecule has 3 nitrogen and oxygen atoms in total. The van der Waals surface area contributed by atoms with E-state index in [2.05, 4.69) is 20.9 Å². The van der Waals surface area contributed by atoms with Gasteiger partial charge in [-0.05, 0) is 34.1 Å². The van der Waals surface area contributed by atoms with E-state index in [0.29, 0.717) is 15.7 Å². The van der Waals surface area contributed by atoms with E-state index in [4.69, 9.17) is 18.0 Å². The first-order valence-electron chi connectivity index (χ1n) is 5.44. The van der Waals surface area contributed by atoms with E-state index in [0.717, 1.165) is 0 Å². The molecule has 19 heavy (non-hydrogen) atoms. The van der Waals surface area contributed by atoms with Gasteiger partial charge in [0.25, 0.3) is 0 Å². The van der Waals surface area contributed by atoms with Crippen molar-refractivity contribution in [2.24, 2.45) is 5.73 Å². The summed E-state index contributed by atoms with van der Waals surface area (Å²) in [7, 11) is 1.72. The van der Waals surface area contributed by atoms with Gasteiger partial charge in [-0.25, -0.2) is 9.37 Å². The molecule has 0 spiro atoms. The molecule has 0 aliphatic heterocycles. The summed E-state index contributed by atoms with van der Waals surface area (Å²) >= 11 is 8.18. The molecule has 0 fully saturated rings. The molecule has 6 heteroatoms. The van der Waals surface area contributed by atoms with Crippen molar-refractivity contribution >= 4 is 44.6 Å². The molecule has 0 aliphatic carbocycles. The Morgan fingerprint density at radius 2 is 2.11 bits per heavy atom. The second kappa shape index (κ2) is 5.63. The Bertz CT molecular complexity index is 633. The topological polar surface area (TPSA) is 42.1 Å². The summed E-state index contributed by atoms with van der Waals surface area (Å²) in [5.74, 6) is -0.207. The summed E-state index contributed by atoms with van der Waals surface area (Å²) in [6.07, 6.45) is 1.54. The summed E-state index contributed by atoms with van der Waals surface area (Å²) in [5.41, 5.74) is 7.07. The number of rotatable bonds is 3. The Hall–Kier alpha value is -1.53. The lowest BCUT2D eigenvalue weighted by Crippen LogP contribution is -2.19. The van der Waals surface area contributed by atoms with Crippen LogP contribution in [0.1, 0.15) is 5.56 Å². The normalized spacial score (nSPS) is 10.3. The zero-order valence-corrected chi connectivity index (χ0v) is 12.5. The number of anilines is 2. The number of pyridine rings is 1. The first-order valence-corrected chi connectivity index (χ1v) is 6.64. The minimum absolute atomic E-state index is 0.215. The third-order valence-corrected chi connectivity index (χ3v) is 3.29. The second-order valence-electron chi connectivity index (χ2n) is 3.90. The Balaban J connectivity index is 2.50. The molecule has 2 N–H and O–H groups in total. The zero-order chi connectivity index (χ0) is 14.0. The van der Waals surface area contributed by atoms with Crippen LogP contribution in [0.5, 0.6) is 0 Å². The first kappa shape index (κ1) is 13.9. The molecule has 0 radical (unpaired) electrons. The molecule has 1 aromatic heterocycles. The van der Waals surface area contributed by atoms with E-state index in [1.165, 1.54) is 12.3 Å². The maximum Gasteiger partial charge on any atom is 0.169 e. The van der Waals surface area contributed by atoms with Gasteiger partial charge >= 0.3 is 0 Å². The third kappa shape index (κ3) is 2.90. The van der Waals surface area contributed by atoms with Gasteiger partial charge in [-0.1, -0.05) is 24.4 Å². The molecule has 1 aromatic carbocycles. The van der Waals surface area contributed by atoms with Crippen LogP contribution in [0, 0.1) is 5.82 Å². The largest absolute Gasteiger partial charge is 0.389 e. The van der Waals surface area contributed by atoms with E-state index in [9.17, 15) is 4.39 Å². The smallest absolute Gasteiger partial charge is 0.169 e. The van der Waals surface area contributed by atoms with Gasteiger partial charge < -0.3 is 10.6 Å². The number of nitrogens with two attached hydrogens (primary N) is 1. The Labute approximate surface area is 124 Å². The van der Waals surface area contributed by atoms with Crippen molar-refractivity contribution < 1.29 is 4.39 Å². The zero-order valence-electron chi connectivity index (χ0n) is 10.1. The second-order valence-corrected chi connectivity index (χ2v) is 5.25. The molecule has 0 atom stereocenters. The fraction of sp³-hybridized carbons (Fsp3) is 0.0769. The summed E-state index contributed by atoms with van der Waals surface area (Å²) in [5, 5.41) is 0. The minimum atomic E-state index is -0.422. The minimum Gasteiger partial charge on any atom is -0.389 e. The molecule has 2 aromatic rings. The van der Waals surface area contributed by atoms with Crippen LogP contribution in [0.2, 0.25) is 0 Å². The molecule has 0 saturated heterocycles. The Morgan fingerprint density at radius 1 is 1.42 bits per heavy atom. The maximum absolute atomic E-state index is 13.9. The Morgan fingerprint density at radius 3 is 2.74 bits per heavy atom. The van der Waals surface area contributed by atoms with Crippen LogP contribution in [-0.2, 0) is 0 Å². The number of nitrogens with zero attached hydrogens (tertiary/aromatic N) is 2. The van der Waals surface area contributed by atoms with Gasteiger partial charge in [-0.2, -0.15) is 0 Å². The third-order valence-electron chi connectivity index (χ3n) is 2.64. The molecule has 0 saturated carbocycles. The molecule has 1 heterocycles. The van der Waals surface area contributed by atoms with Gasteiger partial charge in [0, 0.05) is 23.3 Å². The van der Waals surface area contributed by atoms with Crippen molar-refractivity contribution in [3.63, 3.8) is 0 Å². The van der Waals surface area contributed by atoms with Crippen molar-refractivity contribution in [2.45, 2.75) is 0 Å². The number of thiocarbonyl (C=S) groups is 1. The van der Waals surface area contributed by atoms with Crippen LogP contribution >= 0.6 is 28.1 Å². The van der Waals surface area contributed by atoms with E-state index < -0.39 is 5.82 Å². The highest BCUT2D eigenvalue weighted by Crippen LogP contribution is 2.28. The molecule has 0 aliphatic rings. The summed E-state index contributed by atoms with van der Waals surface area (Å²) < 4.78 is 14.5. The highest BCUT2D eigenvalue weighted by Gasteiger charge is 2.15. The number of halogens is 2. The van der Waals surface area contributed by atoms with Crippen molar-refractivity contribution in [2.75, 3.05) is 11.9 Å². The number of benzene rings is 1. The van der Waals surface area contributed by atoms with Crippen LogP contribution in [0.4, 0.5) is 15.9 Å². The van der Waals surface area contributed by atoms with Crippen LogP contribution in [-0.4, -0.2) is 17.0 Å². The monoisotopic (exact) mass is 339 g/mol. The first-order chi connectivity index (χ1) is 9.00. The molecule has 98 valence electrons. The predicted molar refractivity (Wildman–Crippen MR) is 82.3 cm³/mol. The highest BCUT2D eigenvalue weighted by molar-refractivity contribution is 9.10. The predicted octanol–water partition coefficient (Wildman–Crippen LogP) is 3.39. The van der Waals surface area contributed by atoms with E-state index in [-0.39, 0.29) is 10.8 Å². The van der Waals surface area contributed by atoms with Gasteiger partial charge in [0.15, 0.2) is 11.6 Å². The summed E-state index contributed by atoms with van der Waals surface area (Å²) in [4.78, 5) is 5.96. The molecule has 2 rings (SSSR count). The van der Waals surface area contributed by atoms with Crippen LogP contribution in [0.25, 0.3) is 0 Å². The molecule has 0 bridgehead atoms. The van der Waals surface area contributed by atoms with Crippen molar-refractivity contribution in [1.82, 2.24) is 4.98 Å². The van der Waals surface area contributed by atoms with Crippen molar-refractivity contribution in [1.29, 1.82) is 0 Å². The lowest BCUT2D eigenvalue weighted by atomic mass is 10.1. The SMILES string of the molecule is CN(c1ccccc1C(N)=S)c1ncc(Br)cc1F. The summed E-state index contributed by atoms with van der Waals surface area (Å²) in [6, 6.07) is 8.65. The lowest BCUT2D eigenvalue weighted by molar-refractivity contribution is 0.620. The number of hydrogen-bond acceptors (Lipinski definition) is 3. The average molecular weight is 340 g/mol. The Kier molecular flexibility index (Phi) is 4.11. The summed E-state index contributed by atoms with van der Waals surface area (Å²) in [6.45, 7) is 0. The number of para-hydroxylation sites is 1. The van der Waals surface area contributed by atoms with Gasteiger partial charge in [0.1, 0.15) is 4.99 Å². The quantitative estimate of drug-likeness (QED) is 0.870. The van der Waals surface area contributed by atoms with Crippen molar-refractivity contribution in [3.8, 4) is 0 Å². The van der Waals surface area contributed by atoms with Gasteiger partial charge in [0.2, 0.25) is 0 Å². The number of aromatic nitrogens is 1. The maximum atomic E-state index is 13.9. The fourth-order valence-corrected chi connectivity index (χ4v) is 2.22. The van der Waals surface area contributed by atoms with Gasteiger partial charge in [0.05, 0.1) is 5.69 Å². The lowest BCUT2D eigenvalue weighted by Gasteiger charge is -2.21. The van der Waals surface area contributed by atoms with Gasteiger partial charge in [-0.3, -0.25) is 0 Å². The van der Waals surface area contributed by atoms with Crippen LogP contribution < -0.4 is 10.6 Å². The van der Waals surface area contributed by atoms with E-state index in [1.54, 1.807) is 18.0 Å². The standard InChI is InChI=1S/C13H11BrFN3S/c1-18(13-10(15)6-8(14)7-17-13)11-5-3-2-4-9(11)12(16)19/h2-7H,1H3,(H2,16,19). The number of hydrogen-bond donors (Lipinski definition) is 1. The molecule has 0 unspecified atom stereocenters. The average Bonchev–Trinajstić information content (AvgIpc) is 2.38. The fourth-order valence-electron chi connectivity index (χ4n) is 1.74. The van der Waals surface area contributed by atoms with E-state index >= 15 is 0 Å². The van der Waals surface area contributed by atoms with Crippen LogP contribution in [0.15, 0.2) is 41.0 Å². The highest BCUT2D eigenvalue weighted by atomic mass is 79.9. The molecular weight excluding hydrogens is 329 g/mol. The van der Waals surface area contributed by atoms with Crippen LogP contribution in [0.3, 0.4) is 0 Å². The van der Waals surface area contributed by atoms with Crippen molar-refractivity contribution in [3.05, 3.63) is 52.4 Å². The van der Waals surface area contributed by atoms with E-state index in [1.807, 2.05) is 18.2 Å². The van der Waals surface area contributed by atoms with Gasteiger partial charge in [-0.15, -0.1) is 0 Å².